The summed E-state index contributed by atoms with van der Waals surface area (Å²) >= 11 is 0. The van der Waals surface area contributed by atoms with Gasteiger partial charge in [-0.3, -0.25) is 9.59 Å². The third kappa shape index (κ3) is 5.39. The molecule has 2 aromatic heterocycles. The molecule has 3 aromatic rings. The Labute approximate surface area is 250 Å². The molecule has 12 heteroatoms. The van der Waals surface area contributed by atoms with Crippen molar-refractivity contribution in [2.24, 2.45) is 0 Å². The first-order chi connectivity index (χ1) is 20.1. The van der Waals surface area contributed by atoms with Crippen LogP contribution < -0.4 is 16.1 Å². The van der Waals surface area contributed by atoms with Crippen LogP contribution in [0.1, 0.15) is 57.2 Å². The van der Waals surface area contributed by atoms with E-state index in [0.29, 0.717) is 16.9 Å². The van der Waals surface area contributed by atoms with Crippen molar-refractivity contribution in [1.29, 1.82) is 0 Å². The standard InChI is InChI=1S/C31H37N3O8Si/c1-8-31(41-24(36)11-12-32-29(39)42-30(2,3)4)21-14-23-25-19(15-34(23)27(37)20(21)16-40-28(31)38)26(43(5,6)7)18-13-17(35)9-10-22(18)33-25/h9-10,13-14,35H,8,11-12,15-16H2,1-7H3,(H,32,39)/t31-/m0/s1. The lowest BCUT2D eigenvalue weighted by Gasteiger charge is -2.35. The van der Waals surface area contributed by atoms with E-state index in [1.165, 1.54) is 0 Å². The Morgan fingerprint density at radius 2 is 1.88 bits per heavy atom. The number of esters is 2. The smallest absolute Gasteiger partial charge is 0.407 e. The van der Waals surface area contributed by atoms with Crippen molar-refractivity contribution in [3.8, 4) is 17.1 Å². The molecular weight excluding hydrogens is 570 g/mol. The number of phenolic OH excluding ortho intramolecular Hbond substituents is 1. The zero-order chi connectivity index (χ0) is 31.5. The van der Waals surface area contributed by atoms with Crippen molar-refractivity contribution in [3.05, 3.63) is 51.3 Å². The lowest BCUT2D eigenvalue weighted by molar-refractivity contribution is -0.189. The van der Waals surface area contributed by atoms with Gasteiger partial charge in [0.15, 0.2) is 0 Å². The number of hydrogen-bond acceptors (Lipinski definition) is 9. The van der Waals surface area contributed by atoms with Gasteiger partial charge in [-0.05, 0) is 62.2 Å². The fourth-order valence-corrected chi connectivity index (χ4v) is 8.02. The van der Waals surface area contributed by atoms with Crippen LogP contribution in [-0.4, -0.2) is 52.9 Å². The fourth-order valence-electron chi connectivity index (χ4n) is 5.91. The van der Waals surface area contributed by atoms with Crippen molar-refractivity contribution in [3.63, 3.8) is 0 Å². The van der Waals surface area contributed by atoms with E-state index in [1.54, 1.807) is 56.5 Å². The van der Waals surface area contributed by atoms with Crippen molar-refractivity contribution in [2.75, 3.05) is 6.54 Å². The number of aromatic nitrogens is 2. The van der Waals surface area contributed by atoms with Crippen LogP contribution in [-0.2, 0) is 42.6 Å². The van der Waals surface area contributed by atoms with Gasteiger partial charge in [-0.15, -0.1) is 0 Å². The molecule has 5 rings (SSSR count). The number of aromatic hydroxyl groups is 1. The highest BCUT2D eigenvalue weighted by Crippen LogP contribution is 2.41. The van der Waals surface area contributed by atoms with Gasteiger partial charge in [0.2, 0.25) is 5.60 Å². The van der Waals surface area contributed by atoms with Gasteiger partial charge in [-0.25, -0.2) is 14.6 Å². The number of carbonyl (C=O) groups is 3. The molecule has 2 aliphatic rings. The maximum Gasteiger partial charge on any atom is 0.407 e. The zero-order valence-corrected chi connectivity index (χ0v) is 26.5. The summed E-state index contributed by atoms with van der Waals surface area (Å²) in [5, 5.41) is 14.7. The second-order valence-corrected chi connectivity index (χ2v) is 18.0. The summed E-state index contributed by atoms with van der Waals surface area (Å²) in [4.78, 5) is 57.2. The van der Waals surface area contributed by atoms with Crippen LogP contribution >= 0.6 is 0 Å². The SMILES string of the molecule is CC[C@@]1(OC(=O)CCNC(=O)OC(C)(C)C)C(=O)OCc2c1cc1n(c2=O)Cc2c-1nc1ccc(O)cc1c2[Si](C)(C)C. The Balaban J connectivity index is 1.56. The van der Waals surface area contributed by atoms with Crippen LogP contribution in [0.5, 0.6) is 5.75 Å². The van der Waals surface area contributed by atoms with Crippen LogP contribution in [0.3, 0.4) is 0 Å². The van der Waals surface area contributed by atoms with Crippen molar-refractivity contribution < 1.29 is 33.7 Å². The third-order valence-corrected chi connectivity index (χ3v) is 9.75. The van der Waals surface area contributed by atoms with Gasteiger partial charge in [0.05, 0.1) is 43.5 Å². The van der Waals surface area contributed by atoms with E-state index in [9.17, 15) is 24.3 Å². The highest BCUT2D eigenvalue weighted by molar-refractivity contribution is 6.90. The van der Waals surface area contributed by atoms with Crippen molar-refractivity contribution in [1.82, 2.24) is 14.9 Å². The minimum absolute atomic E-state index is 0.0321. The number of ether oxygens (including phenoxy) is 3. The molecule has 0 saturated carbocycles. The first-order valence-electron chi connectivity index (χ1n) is 14.4. The van der Waals surface area contributed by atoms with Crippen molar-refractivity contribution >= 4 is 42.2 Å². The number of cyclic esters (lactones) is 1. The Morgan fingerprint density at radius 3 is 2.53 bits per heavy atom. The van der Waals surface area contributed by atoms with Gasteiger partial charge in [0, 0.05) is 17.5 Å². The Kier molecular flexibility index (Phi) is 7.40. The second-order valence-electron chi connectivity index (χ2n) is 13.0. The summed E-state index contributed by atoms with van der Waals surface area (Å²) in [5.74, 6) is -1.36. The number of rotatable bonds is 6. The van der Waals surface area contributed by atoms with E-state index in [2.05, 4.69) is 25.0 Å². The molecule has 0 saturated heterocycles. The van der Waals surface area contributed by atoms with Crippen LogP contribution in [0.15, 0.2) is 29.1 Å². The molecule has 2 aliphatic heterocycles. The van der Waals surface area contributed by atoms with Gasteiger partial charge in [0.25, 0.3) is 5.56 Å². The summed E-state index contributed by atoms with van der Waals surface area (Å²) in [5.41, 5.74) is 0.424. The fraction of sp³-hybridized carbons (Fsp3) is 0.452. The topological polar surface area (TPSA) is 146 Å². The number of nitrogens with zero attached hydrogens (tertiary/aromatic N) is 2. The molecule has 1 aromatic carbocycles. The van der Waals surface area contributed by atoms with Crippen LogP contribution in [0.25, 0.3) is 22.3 Å². The van der Waals surface area contributed by atoms with Gasteiger partial charge in [-0.2, -0.15) is 0 Å². The van der Waals surface area contributed by atoms with E-state index >= 15 is 0 Å². The Morgan fingerprint density at radius 1 is 1.16 bits per heavy atom. The number of hydrogen-bond donors (Lipinski definition) is 2. The summed E-state index contributed by atoms with van der Waals surface area (Å²) < 4.78 is 18.1. The molecule has 1 atom stereocenters. The average Bonchev–Trinajstić information content (AvgIpc) is 3.25. The molecule has 228 valence electrons. The van der Waals surface area contributed by atoms with Gasteiger partial charge >= 0.3 is 18.0 Å². The number of alkyl carbamates (subject to hydrolysis) is 1. The summed E-state index contributed by atoms with van der Waals surface area (Å²) in [6.07, 6.45) is -0.871. The average molecular weight is 608 g/mol. The van der Waals surface area contributed by atoms with Gasteiger partial charge < -0.3 is 29.2 Å². The molecule has 0 radical (unpaired) electrons. The minimum Gasteiger partial charge on any atom is -0.508 e. The van der Waals surface area contributed by atoms with E-state index in [0.717, 1.165) is 16.1 Å². The molecule has 43 heavy (non-hydrogen) atoms. The first-order valence-corrected chi connectivity index (χ1v) is 17.9. The highest BCUT2D eigenvalue weighted by Gasteiger charge is 2.50. The zero-order valence-electron chi connectivity index (χ0n) is 25.5. The predicted octanol–water partition coefficient (Wildman–Crippen LogP) is 3.80. The molecular formula is C31H37N3O8Si. The number of phenols is 1. The number of carbonyl (C=O) groups excluding carboxylic acids is 3. The maximum absolute atomic E-state index is 14.0. The second kappa shape index (κ2) is 10.5. The molecule has 2 N–H and O–H groups in total. The number of pyridine rings is 2. The van der Waals surface area contributed by atoms with Crippen LogP contribution in [0.4, 0.5) is 4.79 Å². The van der Waals surface area contributed by atoms with E-state index in [4.69, 9.17) is 19.2 Å². The Hall–Kier alpha value is -4.19. The maximum atomic E-state index is 14.0. The first kappa shape index (κ1) is 30.3. The number of benzene rings is 1. The summed E-state index contributed by atoms with van der Waals surface area (Å²) in [6.45, 7) is 13.5. The van der Waals surface area contributed by atoms with Crippen LogP contribution in [0.2, 0.25) is 19.6 Å². The van der Waals surface area contributed by atoms with Crippen LogP contribution in [0, 0.1) is 0 Å². The van der Waals surface area contributed by atoms with Gasteiger partial charge in [-0.1, -0.05) is 26.6 Å². The van der Waals surface area contributed by atoms with Gasteiger partial charge in [0.1, 0.15) is 18.0 Å². The Bertz CT molecular complexity index is 1730. The number of nitrogens with one attached hydrogen (secondary N) is 1. The molecule has 4 heterocycles. The number of amides is 1. The van der Waals surface area contributed by atoms with E-state index in [1.807, 2.05) is 0 Å². The normalized spacial score (nSPS) is 17.5. The molecule has 0 spiro atoms. The highest BCUT2D eigenvalue weighted by atomic mass is 28.3. The summed E-state index contributed by atoms with van der Waals surface area (Å²) in [6, 6.07) is 6.79. The predicted molar refractivity (Wildman–Crippen MR) is 162 cm³/mol. The van der Waals surface area contributed by atoms with E-state index in [-0.39, 0.29) is 55.0 Å². The molecule has 0 bridgehead atoms. The molecule has 0 unspecified atom stereocenters. The molecule has 1 amide bonds. The molecule has 11 nitrogen and oxygen atoms in total. The molecule has 0 aliphatic carbocycles. The quantitative estimate of drug-likeness (QED) is 0.190. The largest absolute Gasteiger partial charge is 0.508 e. The third-order valence-electron chi connectivity index (χ3n) is 7.67. The van der Waals surface area contributed by atoms with E-state index < -0.39 is 37.3 Å². The number of fused-ring (bicyclic) bond motifs is 5. The molecule has 0 fully saturated rings. The summed E-state index contributed by atoms with van der Waals surface area (Å²) in [7, 11) is -2.02. The minimum atomic E-state index is -2.02. The lowest BCUT2D eigenvalue weighted by atomic mass is 9.85. The lowest BCUT2D eigenvalue weighted by Crippen LogP contribution is -2.47. The monoisotopic (exact) mass is 607 g/mol. The van der Waals surface area contributed by atoms with Crippen molar-refractivity contribution in [2.45, 2.75) is 84.5 Å².